The molecule has 0 aromatic rings. The Balaban J connectivity index is 4.13. The van der Waals surface area contributed by atoms with E-state index in [1.165, 1.54) is 0 Å². The van der Waals surface area contributed by atoms with Crippen molar-refractivity contribution in [1.82, 2.24) is 0 Å². The average molecular weight is 234 g/mol. The SMILES string of the molecule is CCOC(=O)C[Si](C)(C)O[Si](C)(C)C. The molecule has 0 fully saturated rings. The fourth-order valence-corrected chi connectivity index (χ4v) is 9.14. The second kappa shape index (κ2) is 5.09. The van der Waals surface area contributed by atoms with Gasteiger partial charge < -0.3 is 8.85 Å². The fourth-order valence-electron chi connectivity index (χ4n) is 1.42. The summed E-state index contributed by atoms with van der Waals surface area (Å²) in [4.78, 5) is 11.3. The van der Waals surface area contributed by atoms with Gasteiger partial charge in [-0.1, -0.05) is 0 Å². The van der Waals surface area contributed by atoms with Gasteiger partial charge in [0.2, 0.25) is 0 Å². The van der Waals surface area contributed by atoms with Crippen molar-refractivity contribution in [3.63, 3.8) is 0 Å². The zero-order valence-corrected chi connectivity index (χ0v) is 12.1. The molecular weight excluding hydrogens is 212 g/mol. The molecule has 0 unspecified atom stereocenters. The molecule has 0 atom stereocenters. The maximum absolute atomic E-state index is 11.3. The number of carbonyl (C=O) groups is 1. The Morgan fingerprint density at radius 3 is 2.00 bits per heavy atom. The van der Waals surface area contributed by atoms with Crippen molar-refractivity contribution in [2.75, 3.05) is 6.61 Å². The Hall–Kier alpha value is -0.136. The van der Waals surface area contributed by atoms with E-state index in [-0.39, 0.29) is 5.97 Å². The van der Waals surface area contributed by atoms with E-state index in [9.17, 15) is 4.79 Å². The van der Waals surface area contributed by atoms with Gasteiger partial charge >= 0.3 is 5.97 Å². The van der Waals surface area contributed by atoms with E-state index < -0.39 is 16.6 Å². The zero-order valence-electron chi connectivity index (χ0n) is 10.1. The van der Waals surface area contributed by atoms with Gasteiger partial charge in [-0.2, -0.15) is 0 Å². The quantitative estimate of drug-likeness (QED) is 0.542. The minimum Gasteiger partial charge on any atom is -0.466 e. The van der Waals surface area contributed by atoms with Crippen molar-refractivity contribution in [3.8, 4) is 0 Å². The predicted molar refractivity (Wildman–Crippen MR) is 63.4 cm³/mol. The molecule has 0 aromatic carbocycles. The third-order valence-corrected chi connectivity index (χ3v) is 7.26. The zero-order chi connectivity index (χ0) is 11.4. The van der Waals surface area contributed by atoms with Crippen LogP contribution in [0.15, 0.2) is 0 Å². The first-order chi connectivity index (χ1) is 6.16. The third-order valence-electron chi connectivity index (χ3n) is 1.46. The van der Waals surface area contributed by atoms with E-state index in [1.54, 1.807) is 0 Å². The predicted octanol–water partition coefficient (Wildman–Crippen LogP) is 2.61. The highest BCUT2D eigenvalue weighted by molar-refractivity contribution is 6.85. The minimum atomic E-state index is -1.85. The smallest absolute Gasteiger partial charge is 0.305 e. The Kier molecular flexibility index (Phi) is 5.04. The highest BCUT2D eigenvalue weighted by Gasteiger charge is 2.32. The summed E-state index contributed by atoms with van der Waals surface area (Å²) < 4.78 is 10.9. The Labute approximate surface area is 89.1 Å². The van der Waals surface area contributed by atoms with Crippen molar-refractivity contribution in [3.05, 3.63) is 0 Å². The highest BCUT2D eigenvalue weighted by atomic mass is 28.4. The normalized spacial score (nSPS) is 12.7. The molecule has 84 valence electrons. The molecule has 0 aromatic heterocycles. The van der Waals surface area contributed by atoms with E-state index in [0.29, 0.717) is 12.7 Å². The van der Waals surface area contributed by atoms with Crippen LogP contribution in [0.5, 0.6) is 0 Å². The molecule has 0 bridgehead atoms. The number of carbonyl (C=O) groups excluding carboxylic acids is 1. The van der Waals surface area contributed by atoms with Crippen LogP contribution >= 0.6 is 0 Å². The largest absolute Gasteiger partial charge is 0.466 e. The van der Waals surface area contributed by atoms with E-state index in [1.807, 2.05) is 6.92 Å². The summed E-state index contributed by atoms with van der Waals surface area (Å²) in [5, 5.41) is 0. The summed E-state index contributed by atoms with van der Waals surface area (Å²) in [6.07, 6.45) is 0. The molecule has 3 nitrogen and oxygen atoms in total. The van der Waals surface area contributed by atoms with Crippen molar-refractivity contribution in [2.45, 2.75) is 45.7 Å². The molecule has 0 rings (SSSR count). The first kappa shape index (κ1) is 13.9. The highest BCUT2D eigenvalue weighted by Crippen LogP contribution is 2.18. The van der Waals surface area contributed by atoms with Gasteiger partial charge in [-0.05, 0) is 39.7 Å². The molecule has 0 saturated carbocycles. The van der Waals surface area contributed by atoms with Crippen LogP contribution in [0, 0.1) is 0 Å². The summed E-state index contributed by atoms with van der Waals surface area (Å²) in [7, 11) is -3.38. The topological polar surface area (TPSA) is 35.5 Å². The van der Waals surface area contributed by atoms with Crippen LogP contribution in [-0.4, -0.2) is 29.2 Å². The maximum atomic E-state index is 11.3. The van der Waals surface area contributed by atoms with Gasteiger partial charge in [0.15, 0.2) is 16.6 Å². The second-order valence-electron chi connectivity index (χ2n) is 4.96. The Morgan fingerprint density at radius 2 is 1.64 bits per heavy atom. The molecule has 0 radical (unpaired) electrons. The lowest BCUT2D eigenvalue weighted by molar-refractivity contribution is -0.140. The molecule has 0 aliphatic heterocycles. The van der Waals surface area contributed by atoms with Crippen LogP contribution < -0.4 is 0 Å². The van der Waals surface area contributed by atoms with E-state index in [4.69, 9.17) is 8.85 Å². The molecule has 14 heavy (non-hydrogen) atoms. The summed E-state index contributed by atoms with van der Waals surface area (Å²) in [5.74, 6) is -0.123. The maximum Gasteiger partial charge on any atom is 0.305 e. The van der Waals surface area contributed by atoms with Gasteiger partial charge in [-0.25, -0.2) is 0 Å². The van der Waals surface area contributed by atoms with Crippen LogP contribution in [-0.2, 0) is 13.6 Å². The number of esters is 1. The number of ether oxygens (including phenoxy) is 1. The minimum absolute atomic E-state index is 0.123. The molecule has 0 aliphatic carbocycles. The summed E-state index contributed by atoms with van der Waals surface area (Å²) in [6.45, 7) is 12.9. The summed E-state index contributed by atoms with van der Waals surface area (Å²) >= 11 is 0. The van der Waals surface area contributed by atoms with Gasteiger partial charge in [-0.15, -0.1) is 0 Å². The summed E-state index contributed by atoms with van der Waals surface area (Å²) in [5.41, 5.74) is 0. The van der Waals surface area contributed by atoms with Gasteiger partial charge in [0.05, 0.1) is 12.7 Å². The Morgan fingerprint density at radius 1 is 1.14 bits per heavy atom. The van der Waals surface area contributed by atoms with Crippen LogP contribution in [0.25, 0.3) is 0 Å². The number of hydrogen-bond acceptors (Lipinski definition) is 3. The van der Waals surface area contributed by atoms with Crippen LogP contribution in [0.3, 0.4) is 0 Å². The molecule has 0 aliphatic rings. The van der Waals surface area contributed by atoms with E-state index in [2.05, 4.69) is 32.7 Å². The van der Waals surface area contributed by atoms with Crippen molar-refractivity contribution < 1.29 is 13.6 Å². The average Bonchev–Trinajstić information content (AvgIpc) is 1.78. The van der Waals surface area contributed by atoms with Gasteiger partial charge in [0, 0.05) is 0 Å². The van der Waals surface area contributed by atoms with Crippen LogP contribution in [0.1, 0.15) is 6.92 Å². The fraction of sp³-hybridized carbons (Fsp3) is 0.889. The van der Waals surface area contributed by atoms with Crippen molar-refractivity contribution in [1.29, 1.82) is 0 Å². The molecule has 0 heterocycles. The van der Waals surface area contributed by atoms with Gasteiger partial charge in [-0.3, -0.25) is 4.79 Å². The van der Waals surface area contributed by atoms with Crippen molar-refractivity contribution >= 4 is 22.6 Å². The first-order valence-corrected chi connectivity index (χ1v) is 11.5. The lowest BCUT2D eigenvalue weighted by Gasteiger charge is -2.30. The lowest BCUT2D eigenvalue weighted by Crippen LogP contribution is -2.43. The monoisotopic (exact) mass is 234 g/mol. The molecule has 5 heteroatoms. The third kappa shape index (κ3) is 7.28. The van der Waals surface area contributed by atoms with Gasteiger partial charge in [0.1, 0.15) is 0 Å². The molecule has 0 spiro atoms. The van der Waals surface area contributed by atoms with E-state index in [0.717, 1.165) is 0 Å². The molecule has 0 amide bonds. The number of hydrogen-bond donors (Lipinski definition) is 0. The first-order valence-electron chi connectivity index (χ1n) is 5.02. The standard InChI is InChI=1S/C9H22O3Si2/c1-7-11-9(10)8-14(5,6)12-13(2,3)4/h7-8H2,1-6H3. The van der Waals surface area contributed by atoms with Crippen LogP contribution in [0.2, 0.25) is 38.8 Å². The van der Waals surface area contributed by atoms with Crippen LogP contribution in [0.4, 0.5) is 0 Å². The van der Waals surface area contributed by atoms with E-state index >= 15 is 0 Å². The lowest BCUT2D eigenvalue weighted by atomic mass is 10.8. The second-order valence-corrected chi connectivity index (χ2v) is 13.9. The Bertz CT molecular complexity index is 197. The summed E-state index contributed by atoms with van der Waals surface area (Å²) in [6, 6.07) is 0.463. The molecule has 0 N–H and O–H groups in total. The molecular formula is C9H22O3Si2. The number of rotatable bonds is 5. The molecule has 0 saturated heterocycles. The van der Waals surface area contributed by atoms with Gasteiger partial charge in [0.25, 0.3) is 0 Å². The van der Waals surface area contributed by atoms with Crippen molar-refractivity contribution in [2.24, 2.45) is 0 Å².